The molecule has 0 aliphatic heterocycles. The normalized spacial score (nSPS) is 10.6. The first-order chi connectivity index (χ1) is 8.70. The molecule has 0 unspecified atom stereocenters. The van der Waals surface area contributed by atoms with Crippen molar-refractivity contribution in [1.82, 2.24) is 5.32 Å². The molecule has 0 aliphatic rings. The average Bonchev–Trinajstić information content (AvgIpc) is 2.24. The van der Waals surface area contributed by atoms with E-state index in [0.29, 0.717) is 0 Å². The van der Waals surface area contributed by atoms with Gasteiger partial charge in [-0.1, -0.05) is 0 Å². The number of carbonyl (C=O) groups is 3. The van der Waals surface area contributed by atoms with Crippen LogP contribution >= 0.6 is 0 Å². The quantitative estimate of drug-likeness (QED) is 0.346. The molecular weight excluding hydrogens is 282 g/mol. The van der Waals surface area contributed by atoms with Crippen molar-refractivity contribution < 1.29 is 36.8 Å². The summed E-state index contributed by atoms with van der Waals surface area (Å²) in [4.78, 5) is 32.4. The summed E-state index contributed by atoms with van der Waals surface area (Å²) in [5.74, 6) is -1.44. The molecular formula is C9H15NO8S. The van der Waals surface area contributed by atoms with Crippen LogP contribution in [0.4, 0.5) is 4.79 Å². The van der Waals surface area contributed by atoms with Gasteiger partial charge in [0.15, 0.2) is 19.1 Å². The smallest absolute Gasteiger partial charge is 0.426 e. The lowest BCUT2D eigenvalue weighted by atomic mass is 10.2. The molecule has 0 aromatic heterocycles. The third kappa shape index (κ3) is 12.6. The lowest BCUT2D eigenvalue weighted by Crippen LogP contribution is -2.26. The number of ketones is 1. The van der Waals surface area contributed by atoms with Gasteiger partial charge in [-0.2, -0.15) is 8.42 Å². The molecule has 0 fully saturated rings. The molecule has 0 spiro atoms. The van der Waals surface area contributed by atoms with Gasteiger partial charge >= 0.3 is 6.16 Å². The van der Waals surface area contributed by atoms with Crippen molar-refractivity contribution in [2.24, 2.45) is 0 Å². The van der Waals surface area contributed by atoms with Gasteiger partial charge in [0.05, 0.1) is 5.75 Å². The molecule has 0 bridgehead atoms. The fraction of sp³-hybridized carbons (Fsp3) is 0.667. The number of carbonyl (C=O) groups excluding carboxylic acids is 3. The van der Waals surface area contributed by atoms with E-state index in [1.807, 2.05) is 0 Å². The lowest BCUT2D eigenvalue weighted by molar-refractivity contribution is -0.124. The van der Waals surface area contributed by atoms with Crippen molar-refractivity contribution >= 4 is 28.0 Å². The van der Waals surface area contributed by atoms with Crippen LogP contribution in [0.1, 0.15) is 19.8 Å². The molecule has 0 aliphatic carbocycles. The molecule has 0 saturated carbocycles. The van der Waals surface area contributed by atoms with Gasteiger partial charge in [-0.3, -0.25) is 14.1 Å². The number of hydrogen-bond donors (Lipinski definition) is 2. The third-order valence-electron chi connectivity index (χ3n) is 1.72. The van der Waals surface area contributed by atoms with Crippen LogP contribution in [0.2, 0.25) is 0 Å². The van der Waals surface area contributed by atoms with Crippen LogP contribution in [0.25, 0.3) is 0 Å². The highest BCUT2D eigenvalue weighted by Crippen LogP contribution is 1.96. The van der Waals surface area contributed by atoms with E-state index in [9.17, 15) is 22.8 Å². The highest BCUT2D eigenvalue weighted by atomic mass is 32.2. The topological polar surface area (TPSA) is 136 Å². The van der Waals surface area contributed by atoms with E-state index >= 15 is 0 Å². The minimum Gasteiger partial charge on any atom is -0.426 e. The van der Waals surface area contributed by atoms with Crippen molar-refractivity contribution in [3.63, 3.8) is 0 Å². The molecule has 0 saturated heterocycles. The Kier molecular flexibility index (Phi) is 7.68. The molecule has 2 N–H and O–H groups in total. The maximum atomic E-state index is 11.1. The van der Waals surface area contributed by atoms with Crippen LogP contribution in [0, 0.1) is 0 Å². The van der Waals surface area contributed by atoms with Gasteiger partial charge in [-0.05, 0) is 6.42 Å². The van der Waals surface area contributed by atoms with Crippen molar-refractivity contribution in [1.29, 1.82) is 0 Å². The monoisotopic (exact) mass is 297 g/mol. The second kappa shape index (κ2) is 8.43. The van der Waals surface area contributed by atoms with E-state index < -0.39 is 40.3 Å². The fourth-order valence-electron chi connectivity index (χ4n) is 0.902. The van der Waals surface area contributed by atoms with E-state index in [1.54, 1.807) is 0 Å². The molecule has 19 heavy (non-hydrogen) atoms. The molecule has 1 amide bonds. The molecule has 9 nitrogen and oxygen atoms in total. The van der Waals surface area contributed by atoms with Crippen molar-refractivity contribution in [3.8, 4) is 0 Å². The van der Waals surface area contributed by atoms with Gasteiger partial charge in [0.2, 0.25) is 5.91 Å². The standard InChI is InChI=1S/C9H15NO8S/c1-7(11)10-6-18-9(13)17-5-8(12)3-2-4-19(14,15)16/h2-6H2,1H3,(H,10,11)(H,14,15,16). The maximum absolute atomic E-state index is 11.1. The van der Waals surface area contributed by atoms with E-state index in [0.717, 1.165) is 0 Å². The summed E-state index contributed by atoms with van der Waals surface area (Å²) >= 11 is 0. The van der Waals surface area contributed by atoms with Crippen LogP contribution in [-0.4, -0.2) is 49.9 Å². The van der Waals surface area contributed by atoms with Gasteiger partial charge in [0.25, 0.3) is 10.1 Å². The largest absolute Gasteiger partial charge is 0.510 e. The number of nitrogens with one attached hydrogen (secondary N) is 1. The Balaban J connectivity index is 3.67. The van der Waals surface area contributed by atoms with Crippen molar-refractivity contribution in [2.75, 3.05) is 19.1 Å². The maximum Gasteiger partial charge on any atom is 0.510 e. The molecule has 10 heteroatoms. The second-order valence-corrected chi connectivity index (χ2v) is 5.06. The molecule has 0 atom stereocenters. The predicted octanol–water partition coefficient (Wildman–Crippen LogP) is -0.530. The van der Waals surface area contributed by atoms with Gasteiger partial charge in [-0.25, -0.2) is 4.79 Å². The first kappa shape index (κ1) is 17.3. The number of amides is 1. The summed E-state index contributed by atoms with van der Waals surface area (Å²) in [7, 11) is -4.10. The van der Waals surface area contributed by atoms with Crippen molar-refractivity contribution in [2.45, 2.75) is 19.8 Å². The molecule has 0 aromatic carbocycles. The first-order valence-electron chi connectivity index (χ1n) is 5.21. The van der Waals surface area contributed by atoms with E-state index in [4.69, 9.17) is 4.55 Å². The highest BCUT2D eigenvalue weighted by Gasteiger charge is 2.11. The van der Waals surface area contributed by atoms with Crippen LogP contribution in [0.3, 0.4) is 0 Å². The number of Topliss-reactive ketones (excluding diaryl/α,β-unsaturated/α-hetero) is 1. The molecule has 0 heterocycles. The van der Waals surface area contributed by atoms with Crippen LogP contribution < -0.4 is 5.32 Å². The predicted molar refractivity (Wildman–Crippen MR) is 61.8 cm³/mol. The molecule has 0 rings (SSSR count). The Hall–Kier alpha value is -1.68. The van der Waals surface area contributed by atoms with Gasteiger partial charge in [0.1, 0.15) is 0 Å². The Morgan fingerprint density at radius 1 is 1.21 bits per heavy atom. The summed E-state index contributed by atoms with van der Waals surface area (Å²) in [5.41, 5.74) is 0. The van der Waals surface area contributed by atoms with Gasteiger partial charge in [-0.15, -0.1) is 0 Å². The van der Waals surface area contributed by atoms with Gasteiger partial charge < -0.3 is 14.8 Å². The van der Waals surface area contributed by atoms with E-state index in [1.165, 1.54) is 6.92 Å². The Labute approximate surface area is 110 Å². The Morgan fingerprint density at radius 3 is 2.37 bits per heavy atom. The van der Waals surface area contributed by atoms with Gasteiger partial charge in [0, 0.05) is 13.3 Å². The summed E-state index contributed by atoms with van der Waals surface area (Å²) in [6, 6.07) is 0. The second-order valence-electron chi connectivity index (χ2n) is 3.49. The molecule has 0 aromatic rings. The SMILES string of the molecule is CC(=O)NCOC(=O)OCC(=O)CCCS(=O)(=O)O. The van der Waals surface area contributed by atoms with Crippen LogP contribution in [0.15, 0.2) is 0 Å². The zero-order valence-corrected chi connectivity index (χ0v) is 11.1. The van der Waals surface area contributed by atoms with Crippen LogP contribution in [-0.2, 0) is 29.2 Å². The van der Waals surface area contributed by atoms with Crippen LogP contribution in [0.5, 0.6) is 0 Å². The van der Waals surface area contributed by atoms with Crippen molar-refractivity contribution in [3.05, 3.63) is 0 Å². The average molecular weight is 297 g/mol. The summed E-state index contributed by atoms with van der Waals surface area (Å²) in [6.07, 6.45) is -1.35. The number of rotatable bonds is 8. The number of hydrogen-bond acceptors (Lipinski definition) is 7. The van der Waals surface area contributed by atoms with E-state index in [-0.39, 0.29) is 19.6 Å². The summed E-state index contributed by atoms with van der Waals surface area (Å²) < 4.78 is 37.9. The third-order valence-corrected chi connectivity index (χ3v) is 2.52. The zero-order chi connectivity index (χ0) is 14.9. The number of ether oxygens (including phenoxy) is 2. The molecule has 0 radical (unpaired) electrons. The fourth-order valence-corrected chi connectivity index (χ4v) is 1.41. The highest BCUT2D eigenvalue weighted by molar-refractivity contribution is 7.85. The minimum absolute atomic E-state index is 0.0675. The molecule has 110 valence electrons. The van der Waals surface area contributed by atoms with E-state index in [2.05, 4.69) is 14.8 Å². The summed E-state index contributed by atoms with van der Waals surface area (Å²) in [6.45, 7) is 0.295. The summed E-state index contributed by atoms with van der Waals surface area (Å²) in [5, 5.41) is 2.17. The Morgan fingerprint density at radius 2 is 1.84 bits per heavy atom. The minimum atomic E-state index is -4.10. The first-order valence-corrected chi connectivity index (χ1v) is 6.82. The Bertz CT molecular complexity index is 430. The lowest BCUT2D eigenvalue weighted by Gasteiger charge is -2.05. The zero-order valence-electron chi connectivity index (χ0n) is 10.2.